The number of benzene rings is 1. The van der Waals surface area contributed by atoms with Crippen LogP contribution in [-0.2, 0) is 11.3 Å². The molecule has 0 bridgehead atoms. The van der Waals surface area contributed by atoms with Crippen LogP contribution in [0.4, 0.5) is 10.2 Å². The van der Waals surface area contributed by atoms with Crippen LogP contribution in [0.1, 0.15) is 40.0 Å². The molecule has 3 heterocycles. The van der Waals surface area contributed by atoms with E-state index < -0.39 is 0 Å². The summed E-state index contributed by atoms with van der Waals surface area (Å²) in [5, 5.41) is 7.70. The van der Waals surface area contributed by atoms with Crippen LogP contribution in [0.2, 0.25) is 0 Å². The maximum absolute atomic E-state index is 13.5. The lowest BCUT2D eigenvalue weighted by molar-refractivity contribution is -0.119. The van der Waals surface area contributed by atoms with Crippen LogP contribution in [0.3, 0.4) is 0 Å². The van der Waals surface area contributed by atoms with Crippen LogP contribution in [0.25, 0.3) is 22.4 Å². The standard InChI is InChI=1S/C25H29FN4O2/c1-4-16(2)14-17(3)24(31)28-21-15-19(10-11-27-21)22-23(18-6-8-20(26)9-7-18)29-30-12-5-13-32-25(22)30/h6-11,15-17H,4-5,12-14H2,1-3H3,(H,27,28,31). The van der Waals surface area contributed by atoms with Gasteiger partial charge in [0, 0.05) is 30.6 Å². The second kappa shape index (κ2) is 9.51. The number of nitrogens with zero attached hydrogens (tertiary/aromatic N) is 3. The van der Waals surface area contributed by atoms with Crippen molar-refractivity contribution in [2.75, 3.05) is 11.9 Å². The van der Waals surface area contributed by atoms with E-state index in [1.165, 1.54) is 12.1 Å². The summed E-state index contributed by atoms with van der Waals surface area (Å²) in [6.45, 7) is 7.60. The first-order valence-corrected chi connectivity index (χ1v) is 11.2. The van der Waals surface area contributed by atoms with E-state index in [4.69, 9.17) is 9.84 Å². The second-order valence-electron chi connectivity index (χ2n) is 8.53. The number of rotatable bonds is 7. The van der Waals surface area contributed by atoms with E-state index in [1.54, 1.807) is 18.3 Å². The largest absolute Gasteiger partial charge is 0.477 e. The second-order valence-corrected chi connectivity index (χ2v) is 8.53. The maximum Gasteiger partial charge on any atom is 0.228 e. The highest BCUT2D eigenvalue weighted by Crippen LogP contribution is 2.41. The zero-order valence-electron chi connectivity index (χ0n) is 18.8. The molecule has 0 saturated carbocycles. The Labute approximate surface area is 187 Å². The quantitative estimate of drug-likeness (QED) is 0.528. The lowest BCUT2D eigenvalue weighted by Crippen LogP contribution is -2.22. The fourth-order valence-corrected chi connectivity index (χ4v) is 3.98. The Morgan fingerprint density at radius 3 is 2.75 bits per heavy atom. The topological polar surface area (TPSA) is 69.0 Å². The van der Waals surface area contributed by atoms with Gasteiger partial charge in [0.05, 0.1) is 12.2 Å². The molecule has 1 aliphatic heterocycles. The lowest BCUT2D eigenvalue weighted by atomic mass is 9.95. The van der Waals surface area contributed by atoms with E-state index in [-0.39, 0.29) is 17.6 Å². The molecule has 0 saturated heterocycles. The SMILES string of the molecule is CCC(C)CC(C)C(=O)Nc1cc(-c2c(-c3ccc(F)cc3)nn3c2OCCC3)ccn1. The van der Waals surface area contributed by atoms with Crippen molar-refractivity contribution in [1.82, 2.24) is 14.8 Å². The summed E-state index contributed by atoms with van der Waals surface area (Å²) < 4.78 is 21.3. The van der Waals surface area contributed by atoms with Crippen LogP contribution in [0.5, 0.6) is 5.88 Å². The molecule has 3 aromatic rings. The van der Waals surface area contributed by atoms with Crippen LogP contribution in [0, 0.1) is 17.7 Å². The first-order valence-electron chi connectivity index (χ1n) is 11.2. The summed E-state index contributed by atoms with van der Waals surface area (Å²) in [5.41, 5.74) is 3.18. The summed E-state index contributed by atoms with van der Waals surface area (Å²) in [5.74, 6) is 1.23. The number of fused-ring (bicyclic) bond motifs is 1. The van der Waals surface area contributed by atoms with Crippen molar-refractivity contribution in [2.24, 2.45) is 11.8 Å². The zero-order chi connectivity index (χ0) is 22.7. The maximum atomic E-state index is 13.5. The summed E-state index contributed by atoms with van der Waals surface area (Å²) in [7, 11) is 0. The number of hydrogen-bond donors (Lipinski definition) is 1. The summed E-state index contributed by atoms with van der Waals surface area (Å²) in [6, 6.07) is 10.0. The van der Waals surface area contributed by atoms with Gasteiger partial charge >= 0.3 is 0 Å². The van der Waals surface area contributed by atoms with Gasteiger partial charge in [-0.05, 0) is 54.3 Å². The highest BCUT2D eigenvalue weighted by atomic mass is 19.1. The number of nitrogens with one attached hydrogen (secondary N) is 1. The van der Waals surface area contributed by atoms with Crippen molar-refractivity contribution < 1.29 is 13.9 Å². The number of carbonyl (C=O) groups excluding carboxylic acids is 1. The van der Waals surface area contributed by atoms with Crippen molar-refractivity contribution in [3.8, 4) is 28.3 Å². The zero-order valence-corrected chi connectivity index (χ0v) is 18.8. The van der Waals surface area contributed by atoms with Gasteiger partial charge in [0.25, 0.3) is 0 Å². The molecule has 1 N–H and O–H groups in total. The minimum Gasteiger partial charge on any atom is -0.477 e. The van der Waals surface area contributed by atoms with Crippen molar-refractivity contribution in [2.45, 2.75) is 46.6 Å². The average Bonchev–Trinajstić information content (AvgIpc) is 3.19. The highest BCUT2D eigenvalue weighted by molar-refractivity contribution is 5.93. The Kier molecular flexibility index (Phi) is 6.53. The molecule has 7 heteroatoms. The third-order valence-corrected chi connectivity index (χ3v) is 5.98. The molecule has 0 spiro atoms. The third-order valence-electron chi connectivity index (χ3n) is 5.98. The van der Waals surface area contributed by atoms with Crippen molar-refractivity contribution >= 4 is 11.7 Å². The Balaban J connectivity index is 1.67. The predicted molar refractivity (Wildman–Crippen MR) is 123 cm³/mol. The van der Waals surface area contributed by atoms with E-state index in [2.05, 4.69) is 24.1 Å². The molecular formula is C25H29FN4O2. The minimum atomic E-state index is -0.295. The van der Waals surface area contributed by atoms with Gasteiger partial charge in [-0.3, -0.25) is 4.79 Å². The molecule has 1 amide bonds. The monoisotopic (exact) mass is 436 g/mol. The van der Waals surface area contributed by atoms with Gasteiger partial charge in [0.2, 0.25) is 11.8 Å². The van der Waals surface area contributed by atoms with E-state index in [0.717, 1.165) is 48.2 Å². The number of carbonyl (C=O) groups is 1. The number of amides is 1. The van der Waals surface area contributed by atoms with Crippen LogP contribution in [-0.4, -0.2) is 27.3 Å². The Bertz CT molecular complexity index is 1090. The molecule has 2 atom stereocenters. The predicted octanol–water partition coefficient (Wildman–Crippen LogP) is 5.54. The number of ether oxygens (including phenoxy) is 1. The van der Waals surface area contributed by atoms with Gasteiger partial charge in [-0.2, -0.15) is 5.10 Å². The Hall–Kier alpha value is -3.22. The Morgan fingerprint density at radius 2 is 2.00 bits per heavy atom. The van der Waals surface area contributed by atoms with E-state index in [9.17, 15) is 9.18 Å². The molecular weight excluding hydrogens is 407 g/mol. The minimum absolute atomic E-state index is 0.0398. The third kappa shape index (κ3) is 4.66. The summed E-state index contributed by atoms with van der Waals surface area (Å²) in [6.07, 6.45) is 4.43. The fourth-order valence-electron chi connectivity index (χ4n) is 3.98. The van der Waals surface area contributed by atoms with Crippen molar-refractivity contribution in [3.05, 3.63) is 48.4 Å². The molecule has 6 nitrogen and oxygen atoms in total. The molecule has 2 unspecified atom stereocenters. The molecule has 1 aromatic carbocycles. The first kappa shape index (κ1) is 22.0. The van der Waals surface area contributed by atoms with Gasteiger partial charge in [-0.25, -0.2) is 14.1 Å². The molecule has 0 fully saturated rings. The number of pyridine rings is 1. The number of halogens is 1. The average molecular weight is 437 g/mol. The molecule has 168 valence electrons. The van der Waals surface area contributed by atoms with Gasteiger partial charge < -0.3 is 10.1 Å². The Morgan fingerprint density at radius 1 is 1.22 bits per heavy atom. The summed E-state index contributed by atoms with van der Waals surface area (Å²) in [4.78, 5) is 17.0. The molecule has 32 heavy (non-hydrogen) atoms. The highest BCUT2D eigenvalue weighted by Gasteiger charge is 2.25. The first-order chi connectivity index (χ1) is 15.5. The molecule has 2 aromatic heterocycles. The van der Waals surface area contributed by atoms with Gasteiger partial charge in [0.1, 0.15) is 17.3 Å². The van der Waals surface area contributed by atoms with Gasteiger partial charge in [0.15, 0.2) is 0 Å². The molecule has 1 aliphatic rings. The number of hydrogen-bond acceptors (Lipinski definition) is 4. The van der Waals surface area contributed by atoms with Crippen LogP contribution < -0.4 is 10.1 Å². The van der Waals surface area contributed by atoms with Gasteiger partial charge in [-0.15, -0.1) is 0 Å². The number of anilines is 1. The van der Waals surface area contributed by atoms with E-state index >= 15 is 0 Å². The van der Waals surface area contributed by atoms with E-state index in [1.807, 2.05) is 23.7 Å². The van der Waals surface area contributed by atoms with E-state index in [0.29, 0.717) is 24.2 Å². The lowest BCUT2D eigenvalue weighted by Gasteiger charge is -2.17. The van der Waals surface area contributed by atoms with Gasteiger partial charge in [-0.1, -0.05) is 27.2 Å². The van der Waals surface area contributed by atoms with Crippen LogP contribution in [0.15, 0.2) is 42.6 Å². The summed E-state index contributed by atoms with van der Waals surface area (Å²) >= 11 is 0. The molecule has 0 radical (unpaired) electrons. The molecule has 4 rings (SSSR count). The fraction of sp³-hybridized carbons (Fsp3) is 0.400. The van der Waals surface area contributed by atoms with Crippen LogP contribution >= 0.6 is 0 Å². The van der Waals surface area contributed by atoms with Crippen molar-refractivity contribution in [1.29, 1.82) is 0 Å². The normalized spacial score (nSPS) is 14.9. The molecule has 0 aliphatic carbocycles. The van der Waals surface area contributed by atoms with Crippen molar-refractivity contribution in [3.63, 3.8) is 0 Å². The number of aryl methyl sites for hydroxylation is 1. The smallest absolute Gasteiger partial charge is 0.228 e. The number of aromatic nitrogens is 3.